The Morgan fingerprint density at radius 3 is 2.81 bits per heavy atom. The van der Waals surface area contributed by atoms with Gasteiger partial charge in [0.15, 0.2) is 0 Å². The summed E-state index contributed by atoms with van der Waals surface area (Å²) in [5.74, 6) is -0.0357. The molecule has 1 rings (SSSR count). The number of methoxy groups -OCH3 is 1. The first-order valence-corrected chi connectivity index (χ1v) is 7.06. The fourth-order valence-electron chi connectivity index (χ4n) is 2.07. The highest BCUT2D eigenvalue weighted by Gasteiger charge is 2.20. The molecule has 0 bridgehead atoms. The van der Waals surface area contributed by atoms with Crippen molar-refractivity contribution in [1.29, 1.82) is 0 Å². The maximum Gasteiger partial charge on any atom is 0.101 e. The Hall–Kier alpha value is -1.49. The van der Waals surface area contributed by atoms with Crippen molar-refractivity contribution < 1.29 is 14.6 Å². The molecule has 0 aromatic carbocycles. The van der Waals surface area contributed by atoms with Crippen molar-refractivity contribution in [2.75, 3.05) is 13.7 Å². The summed E-state index contributed by atoms with van der Waals surface area (Å²) < 4.78 is 10.8. The summed E-state index contributed by atoms with van der Waals surface area (Å²) in [4.78, 5) is 4.20. The van der Waals surface area contributed by atoms with E-state index in [0.717, 1.165) is 11.3 Å². The third-order valence-corrected chi connectivity index (χ3v) is 3.23. The van der Waals surface area contributed by atoms with Crippen LogP contribution in [0.5, 0.6) is 0 Å². The number of nitrogens with zero attached hydrogens (tertiary/aromatic N) is 1. The fraction of sp³-hybridized carbons (Fsp3) is 0.471. The molecule has 4 nitrogen and oxygen atoms in total. The van der Waals surface area contributed by atoms with Crippen LogP contribution in [-0.4, -0.2) is 36.0 Å². The van der Waals surface area contributed by atoms with Gasteiger partial charge in [-0.2, -0.15) is 0 Å². The van der Waals surface area contributed by atoms with E-state index >= 15 is 0 Å². The zero-order chi connectivity index (χ0) is 15.7. The first kappa shape index (κ1) is 17.6. The quantitative estimate of drug-likeness (QED) is 0.711. The second-order valence-corrected chi connectivity index (χ2v) is 5.11. The van der Waals surface area contributed by atoms with Crippen LogP contribution in [0.3, 0.4) is 0 Å². The topological polar surface area (TPSA) is 51.6 Å². The molecule has 1 aromatic heterocycles. The maximum atomic E-state index is 10.1. The van der Waals surface area contributed by atoms with Gasteiger partial charge in [-0.05, 0) is 19.1 Å². The molecule has 0 aliphatic heterocycles. The molecule has 0 saturated heterocycles. The highest BCUT2D eigenvalue weighted by atomic mass is 16.5. The van der Waals surface area contributed by atoms with Gasteiger partial charge in [0, 0.05) is 19.2 Å². The monoisotopic (exact) mass is 291 g/mol. The number of rotatable bonds is 9. The minimum Gasteiger partial charge on any atom is -0.389 e. The maximum absolute atomic E-state index is 10.1. The van der Waals surface area contributed by atoms with E-state index in [-0.39, 0.29) is 12.0 Å². The molecule has 3 unspecified atom stereocenters. The minimum absolute atomic E-state index is 0.0357. The van der Waals surface area contributed by atoms with E-state index in [1.807, 2.05) is 38.1 Å². The first-order valence-electron chi connectivity index (χ1n) is 7.06. The first-order chi connectivity index (χ1) is 10.1. The average Bonchev–Trinajstić information content (AvgIpc) is 2.49. The van der Waals surface area contributed by atoms with E-state index in [2.05, 4.69) is 11.6 Å². The zero-order valence-corrected chi connectivity index (χ0v) is 13.0. The lowest BCUT2D eigenvalue weighted by atomic mass is 9.97. The van der Waals surface area contributed by atoms with Crippen molar-refractivity contribution in [3.63, 3.8) is 0 Å². The van der Waals surface area contributed by atoms with Crippen molar-refractivity contribution in [1.82, 2.24) is 4.98 Å². The number of aliphatic hydroxyl groups excluding tert-OH is 1. The van der Waals surface area contributed by atoms with Crippen molar-refractivity contribution in [2.24, 2.45) is 5.92 Å². The molecule has 0 saturated carbocycles. The van der Waals surface area contributed by atoms with Gasteiger partial charge >= 0.3 is 0 Å². The third-order valence-electron chi connectivity index (χ3n) is 3.23. The number of hydrogen-bond acceptors (Lipinski definition) is 4. The van der Waals surface area contributed by atoms with Gasteiger partial charge in [-0.15, -0.1) is 6.58 Å². The molecule has 116 valence electrons. The lowest BCUT2D eigenvalue weighted by Gasteiger charge is -2.22. The van der Waals surface area contributed by atoms with Crippen molar-refractivity contribution in [3.8, 4) is 0 Å². The second kappa shape index (κ2) is 9.45. The molecule has 0 radical (unpaired) electrons. The lowest BCUT2D eigenvalue weighted by Crippen LogP contribution is -2.31. The second-order valence-electron chi connectivity index (χ2n) is 5.11. The number of aromatic nitrogens is 1. The normalized spacial score (nSPS) is 16.3. The van der Waals surface area contributed by atoms with Crippen LogP contribution in [0.4, 0.5) is 0 Å². The van der Waals surface area contributed by atoms with E-state index in [4.69, 9.17) is 9.47 Å². The Kier molecular flexibility index (Phi) is 7.90. The van der Waals surface area contributed by atoms with Gasteiger partial charge in [0.1, 0.15) is 6.10 Å². The lowest BCUT2D eigenvalue weighted by molar-refractivity contribution is -0.00171. The van der Waals surface area contributed by atoms with Crippen LogP contribution in [0.25, 0.3) is 0 Å². The van der Waals surface area contributed by atoms with E-state index in [9.17, 15) is 5.11 Å². The van der Waals surface area contributed by atoms with Crippen LogP contribution in [0.1, 0.15) is 19.5 Å². The molecule has 0 aliphatic rings. The SMILES string of the molecule is C=CC(OC)C(O)C(C)C=C(C)COCc1ccccn1. The molecule has 1 N–H and O–H groups in total. The Morgan fingerprint density at radius 1 is 1.48 bits per heavy atom. The molecule has 0 fully saturated rings. The predicted octanol–water partition coefficient (Wildman–Crippen LogP) is 2.74. The molecule has 21 heavy (non-hydrogen) atoms. The Labute approximate surface area is 127 Å². The molecule has 1 heterocycles. The Morgan fingerprint density at radius 2 is 2.24 bits per heavy atom. The van der Waals surface area contributed by atoms with Crippen LogP contribution >= 0.6 is 0 Å². The molecular formula is C17H25NO3. The largest absolute Gasteiger partial charge is 0.389 e. The number of hydrogen-bond donors (Lipinski definition) is 1. The van der Waals surface area contributed by atoms with Gasteiger partial charge in [-0.3, -0.25) is 4.98 Å². The fourth-order valence-corrected chi connectivity index (χ4v) is 2.07. The third kappa shape index (κ3) is 6.21. The minimum atomic E-state index is -0.613. The van der Waals surface area contributed by atoms with Crippen LogP contribution in [0.2, 0.25) is 0 Å². The standard InChI is InChI=1S/C17H25NO3/c1-5-16(20-4)17(19)14(3)10-13(2)11-21-12-15-8-6-7-9-18-15/h5-10,14,16-17,19H,1,11-12H2,2-4H3. The van der Waals surface area contributed by atoms with Crippen LogP contribution < -0.4 is 0 Å². The summed E-state index contributed by atoms with van der Waals surface area (Å²) >= 11 is 0. The Bertz CT molecular complexity index is 445. The van der Waals surface area contributed by atoms with Gasteiger partial charge in [-0.25, -0.2) is 0 Å². The summed E-state index contributed by atoms with van der Waals surface area (Å²) in [6.45, 7) is 8.59. The van der Waals surface area contributed by atoms with Crippen molar-refractivity contribution >= 4 is 0 Å². The number of ether oxygens (including phenoxy) is 2. The Balaban J connectivity index is 2.43. The van der Waals surface area contributed by atoms with E-state index < -0.39 is 6.10 Å². The van der Waals surface area contributed by atoms with Gasteiger partial charge in [0.2, 0.25) is 0 Å². The van der Waals surface area contributed by atoms with Gasteiger partial charge < -0.3 is 14.6 Å². The van der Waals surface area contributed by atoms with Crippen LogP contribution in [0.15, 0.2) is 48.7 Å². The summed E-state index contributed by atoms with van der Waals surface area (Å²) in [5, 5.41) is 10.1. The predicted molar refractivity (Wildman–Crippen MR) is 83.8 cm³/mol. The highest BCUT2D eigenvalue weighted by Crippen LogP contribution is 2.14. The summed E-state index contributed by atoms with van der Waals surface area (Å²) in [5.41, 5.74) is 1.97. The molecule has 0 amide bonds. The molecule has 0 spiro atoms. The van der Waals surface area contributed by atoms with Crippen molar-refractivity contribution in [2.45, 2.75) is 32.7 Å². The zero-order valence-electron chi connectivity index (χ0n) is 13.0. The molecule has 4 heteroatoms. The van der Waals surface area contributed by atoms with Crippen LogP contribution in [0, 0.1) is 5.92 Å². The van der Waals surface area contributed by atoms with Gasteiger partial charge in [-0.1, -0.05) is 30.7 Å². The molecule has 1 aromatic rings. The smallest absolute Gasteiger partial charge is 0.101 e. The van der Waals surface area contributed by atoms with Crippen LogP contribution in [-0.2, 0) is 16.1 Å². The molecule has 0 aliphatic carbocycles. The van der Waals surface area contributed by atoms with Gasteiger partial charge in [0.05, 0.1) is 25.0 Å². The molecular weight excluding hydrogens is 266 g/mol. The average molecular weight is 291 g/mol. The van der Waals surface area contributed by atoms with E-state index in [1.54, 1.807) is 19.4 Å². The number of pyridine rings is 1. The van der Waals surface area contributed by atoms with E-state index in [0.29, 0.717) is 13.2 Å². The summed E-state index contributed by atoms with van der Waals surface area (Å²) in [7, 11) is 1.56. The summed E-state index contributed by atoms with van der Waals surface area (Å²) in [6, 6.07) is 5.75. The van der Waals surface area contributed by atoms with Gasteiger partial charge in [0.25, 0.3) is 0 Å². The van der Waals surface area contributed by atoms with E-state index in [1.165, 1.54) is 0 Å². The summed E-state index contributed by atoms with van der Waals surface area (Å²) in [6.07, 6.45) is 4.39. The molecule has 3 atom stereocenters. The number of aliphatic hydroxyl groups is 1. The highest BCUT2D eigenvalue weighted by molar-refractivity contribution is 5.05. The van der Waals surface area contributed by atoms with Crippen molar-refractivity contribution in [3.05, 3.63) is 54.4 Å².